The molecular formula is C23H23F3N4O2. The number of nitrogens with one attached hydrogen (secondary N) is 1. The lowest BCUT2D eigenvalue weighted by atomic mass is 9.96. The Kier molecular flexibility index (Phi) is 5.46. The number of aromatic amines is 1. The van der Waals surface area contributed by atoms with E-state index in [9.17, 15) is 18.3 Å². The van der Waals surface area contributed by atoms with Gasteiger partial charge >= 0.3 is 6.18 Å². The summed E-state index contributed by atoms with van der Waals surface area (Å²) in [7, 11) is 0. The van der Waals surface area contributed by atoms with Crippen molar-refractivity contribution in [3.63, 3.8) is 0 Å². The highest BCUT2D eigenvalue weighted by Gasteiger charge is 2.31. The van der Waals surface area contributed by atoms with Gasteiger partial charge < -0.3 is 19.4 Å². The van der Waals surface area contributed by atoms with E-state index in [2.05, 4.69) is 15.0 Å². The van der Waals surface area contributed by atoms with Crippen molar-refractivity contribution in [1.82, 2.24) is 19.5 Å². The summed E-state index contributed by atoms with van der Waals surface area (Å²) in [5.74, 6) is 0.473. The Morgan fingerprint density at radius 1 is 1.16 bits per heavy atom. The molecular weight excluding hydrogens is 421 g/mol. The lowest BCUT2D eigenvalue weighted by Crippen LogP contribution is -2.27. The number of fused-ring (bicyclic) bond motifs is 1. The first-order valence-corrected chi connectivity index (χ1v) is 10.0. The molecule has 3 aromatic heterocycles. The fourth-order valence-electron chi connectivity index (χ4n) is 3.64. The smallest absolute Gasteiger partial charge is 0.422 e. The van der Waals surface area contributed by atoms with Gasteiger partial charge in [-0.2, -0.15) is 13.2 Å². The standard InChI is InChI=1S/C23H23F3N4O2/c1-14-12-27-19(15(2)20(14)32-13-23(24,25)26)11-22(3,31)21-28-17-7-6-16(10-18(17)29-21)30-8-4-5-9-30/h4-10,12,31H,11,13H2,1-3H3,(H,28,29). The van der Waals surface area contributed by atoms with Crippen molar-refractivity contribution in [3.8, 4) is 11.4 Å². The molecule has 9 heteroatoms. The maximum atomic E-state index is 12.6. The summed E-state index contributed by atoms with van der Waals surface area (Å²) in [5, 5.41) is 11.2. The van der Waals surface area contributed by atoms with E-state index in [0.717, 1.165) is 11.2 Å². The number of imidazole rings is 1. The highest BCUT2D eigenvalue weighted by atomic mass is 19.4. The van der Waals surface area contributed by atoms with Crippen molar-refractivity contribution in [2.45, 2.75) is 39.0 Å². The lowest BCUT2D eigenvalue weighted by molar-refractivity contribution is -0.153. The van der Waals surface area contributed by atoms with Gasteiger partial charge in [0.15, 0.2) is 6.61 Å². The number of nitrogens with zero attached hydrogens (tertiary/aromatic N) is 3. The zero-order valence-corrected chi connectivity index (χ0v) is 17.9. The van der Waals surface area contributed by atoms with Crippen molar-refractivity contribution in [3.05, 3.63) is 71.6 Å². The zero-order valence-electron chi connectivity index (χ0n) is 17.9. The number of aliphatic hydroxyl groups is 1. The van der Waals surface area contributed by atoms with E-state index in [4.69, 9.17) is 4.74 Å². The van der Waals surface area contributed by atoms with Crippen LogP contribution in [0.4, 0.5) is 13.2 Å². The summed E-state index contributed by atoms with van der Waals surface area (Å²) in [5.41, 5.74) is 2.36. The molecule has 0 saturated carbocycles. The predicted octanol–water partition coefficient (Wildman–Crippen LogP) is 4.76. The normalized spacial score (nSPS) is 14.0. The molecule has 0 bridgehead atoms. The summed E-state index contributed by atoms with van der Waals surface area (Å²) >= 11 is 0. The van der Waals surface area contributed by atoms with E-state index < -0.39 is 18.4 Å². The molecule has 2 N–H and O–H groups in total. The summed E-state index contributed by atoms with van der Waals surface area (Å²) < 4.78 is 44.8. The van der Waals surface area contributed by atoms with Gasteiger partial charge in [-0.3, -0.25) is 4.98 Å². The number of halogens is 3. The highest BCUT2D eigenvalue weighted by Crippen LogP contribution is 2.31. The van der Waals surface area contributed by atoms with Gasteiger partial charge in [0.2, 0.25) is 0 Å². The predicted molar refractivity (Wildman–Crippen MR) is 114 cm³/mol. The molecule has 32 heavy (non-hydrogen) atoms. The van der Waals surface area contributed by atoms with Crippen LogP contribution in [0.5, 0.6) is 5.75 Å². The molecule has 0 aliphatic rings. The first-order chi connectivity index (χ1) is 15.0. The quantitative estimate of drug-likeness (QED) is 0.450. The lowest BCUT2D eigenvalue weighted by Gasteiger charge is -2.23. The highest BCUT2D eigenvalue weighted by molar-refractivity contribution is 5.77. The number of benzene rings is 1. The third-order valence-corrected chi connectivity index (χ3v) is 5.32. The van der Waals surface area contributed by atoms with Crippen molar-refractivity contribution in [2.75, 3.05) is 6.61 Å². The van der Waals surface area contributed by atoms with Crippen LogP contribution in [-0.4, -0.2) is 37.4 Å². The topological polar surface area (TPSA) is 76.0 Å². The van der Waals surface area contributed by atoms with E-state index in [1.54, 1.807) is 20.8 Å². The van der Waals surface area contributed by atoms with Crippen LogP contribution in [0.3, 0.4) is 0 Å². The van der Waals surface area contributed by atoms with Crippen LogP contribution in [0.1, 0.15) is 29.6 Å². The first kappa shape index (κ1) is 21.9. The second-order valence-electron chi connectivity index (χ2n) is 8.07. The number of hydrogen-bond donors (Lipinski definition) is 2. The maximum absolute atomic E-state index is 12.6. The minimum Gasteiger partial charge on any atom is -0.483 e. The van der Waals surface area contributed by atoms with Crippen LogP contribution in [0.25, 0.3) is 16.7 Å². The summed E-state index contributed by atoms with van der Waals surface area (Å²) in [6.45, 7) is 3.48. The molecule has 168 valence electrons. The van der Waals surface area contributed by atoms with E-state index in [0.29, 0.717) is 28.2 Å². The van der Waals surface area contributed by atoms with Crippen LogP contribution in [0.2, 0.25) is 0 Å². The minimum atomic E-state index is -4.44. The van der Waals surface area contributed by atoms with Crippen LogP contribution in [0.15, 0.2) is 48.9 Å². The maximum Gasteiger partial charge on any atom is 0.422 e. The molecule has 1 atom stereocenters. The number of alkyl halides is 3. The molecule has 3 heterocycles. The Labute approximate surface area is 182 Å². The Hall–Kier alpha value is -3.33. The molecule has 0 radical (unpaired) electrons. The van der Waals surface area contributed by atoms with Gasteiger partial charge in [0, 0.05) is 41.8 Å². The van der Waals surface area contributed by atoms with Gasteiger partial charge in [0.05, 0.1) is 16.7 Å². The van der Waals surface area contributed by atoms with Crippen LogP contribution in [-0.2, 0) is 12.0 Å². The zero-order chi connectivity index (χ0) is 23.1. The molecule has 4 rings (SSSR count). The van der Waals surface area contributed by atoms with Crippen LogP contribution in [0, 0.1) is 13.8 Å². The van der Waals surface area contributed by atoms with Gasteiger partial charge in [-0.25, -0.2) is 4.98 Å². The van der Waals surface area contributed by atoms with E-state index in [-0.39, 0.29) is 12.2 Å². The van der Waals surface area contributed by atoms with Crippen molar-refractivity contribution < 1.29 is 23.0 Å². The molecule has 1 unspecified atom stereocenters. The number of pyridine rings is 1. The summed E-state index contributed by atoms with van der Waals surface area (Å²) in [6, 6.07) is 9.57. The molecule has 0 aliphatic heterocycles. The average Bonchev–Trinajstić information content (AvgIpc) is 3.38. The molecule has 4 aromatic rings. The van der Waals surface area contributed by atoms with E-state index >= 15 is 0 Å². The third-order valence-electron chi connectivity index (χ3n) is 5.32. The van der Waals surface area contributed by atoms with Gasteiger partial charge in [-0.1, -0.05) is 0 Å². The van der Waals surface area contributed by atoms with E-state index in [1.807, 2.05) is 47.3 Å². The summed E-state index contributed by atoms with van der Waals surface area (Å²) in [4.78, 5) is 12.0. The Bertz CT molecular complexity index is 1240. The Balaban J connectivity index is 1.62. The number of rotatable bonds is 6. The second-order valence-corrected chi connectivity index (χ2v) is 8.07. The fraction of sp³-hybridized carbons (Fsp3) is 0.304. The molecule has 0 amide bonds. The first-order valence-electron chi connectivity index (χ1n) is 10.0. The Morgan fingerprint density at radius 3 is 2.56 bits per heavy atom. The van der Waals surface area contributed by atoms with Crippen molar-refractivity contribution >= 4 is 11.0 Å². The molecule has 0 aliphatic carbocycles. The Morgan fingerprint density at radius 2 is 1.88 bits per heavy atom. The molecule has 0 fully saturated rings. The largest absolute Gasteiger partial charge is 0.483 e. The number of aryl methyl sites for hydroxylation is 1. The average molecular weight is 444 g/mol. The number of ether oxygens (including phenoxy) is 1. The van der Waals surface area contributed by atoms with Gasteiger partial charge in [0.25, 0.3) is 0 Å². The second kappa shape index (κ2) is 7.98. The molecule has 0 spiro atoms. The summed E-state index contributed by atoms with van der Waals surface area (Å²) in [6.07, 6.45) is 0.914. The molecule has 0 saturated heterocycles. The fourth-order valence-corrected chi connectivity index (χ4v) is 3.64. The van der Waals surface area contributed by atoms with Crippen molar-refractivity contribution in [2.24, 2.45) is 0 Å². The number of H-pyrrole nitrogens is 1. The van der Waals surface area contributed by atoms with Gasteiger partial charge in [0.1, 0.15) is 17.2 Å². The minimum absolute atomic E-state index is 0.0474. The monoisotopic (exact) mass is 444 g/mol. The third kappa shape index (κ3) is 4.47. The molecule has 1 aromatic carbocycles. The van der Waals surface area contributed by atoms with Gasteiger partial charge in [-0.15, -0.1) is 0 Å². The number of hydrogen-bond acceptors (Lipinski definition) is 4. The van der Waals surface area contributed by atoms with E-state index in [1.165, 1.54) is 6.20 Å². The number of aromatic nitrogens is 4. The van der Waals surface area contributed by atoms with Crippen LogP contribution >= 0.6 is 0 Å². The van der Waals surface area contributed by atoms with Crippen molar-refractivity contribution in [1.29, 1.82) is 0 Å². The molecule has 6 nitrogen and oxygen atoms in total. The van der Waals surface area contributed by atoms with Gasteiger partial charge in [-0.05, 0) is 51.1 Å². The SMILES string of the molecule is Cc1cnc(CC(C)(O)c2nc3ccc(-n4cccc4)cc3[nH]2)c(C)c1OCC(F)(F)F. The van der Waals surface area contributed by atoms with Crippen LogP contribution < -0.4 is 4.74 Å².